The largest absolute Gasteiger partial charge is 0.504 e. The first-order valence-electron chi connectivity index (χ1n) is 7.85. The molecule has 0 aliphatic carbocycles. The second-order valence-corrected chi connectivity index (χ2v) is 7.25. The number of phenols is 1. The average Bonchev–Trinajstić information content (AvgIpc) is 2.92. The zero-order chi connectivity index (χ0) is 16.8. The summed E-state index contributed by atoms with van der Waals surface area (Å²) in [4.78, 5) is 16.2. The Kier molecular flexibility index (Phi) is 3.62. The molecule has 0 unspecified atom stereocenters. The fourth-order valence-corrected chi connectivity index (χ4v) is 4.69. The lowest BCUT2D eigenvalue weighted by molar-refractivity contribution is 0.0934. The van der Waals surface area contributed by atoms with Gasteiger partial charge in [0.15, 0.2) is 11.5 Å². The Morgan fingerprint density at radius 1 is 1.38 bits per heavy atom. The zero-order valence-corrected chi connectivity index (χ0v) is 14.4. The van der Waals surface area contributed by atoms with Gasteiger partial charge < -0.3 is 25.4 Å². The molecule has 2 aromatic rings. The Labute approximate surface area is 144 Å². The topological polar surface area (TPSA) is 73.8 Å². The first-order valence-corrected chi connectivity index (χ1v) is 8.66. The maximum atomic E-state index is 12.7. The number of benzene rings is 1. The van der Waals surface area contributed by atoms with Gasteiger partial charge in [-0.1, -0.05) is 12.1 Å². The van der Waals surface area contributed by atoms with Crippen LogP contribution in [0.3, 0.4) is 0 Å². The number of likely N-dealkylation sites (N-methyl/N-ethyl adjacent to an activating group) is 1. The molecule has 3 heterocycles. The lowest BCUT2D eigenvalue weighted by atomic mass is 10.0. The van der Waals surface area contributed by atoms with Crippen molar-refractivity contribution in [3.8, 4) is 11.5 Å². The van der Waals surface area contributed by atoms with Gasteiger partial charge in [-0.3, -0.25) is 4.79 Å². The normalized spacial score (nSPS) is 19.9. The van der Waals surface area contributed by atoms with Gasteiger partial charge in [0.25, 0.3) is 5.91 Å². The standard InChI is InChI=1S/C17H19N3O3S/c1-20-7-6-9-12(8-20)24-17-13(9)16(22)18-15(19-17)10-4-3-5-11(23-2)14(10)21/h3-5,15,19,21H,6-8H2,1-2H3,(H,18,22)/t15-/m0/s1. The number of fused-ring (bicyclic) bond motifs is 3. The first-order chi connectivity index (χ1) is 11.6. The van der Waals surface area contributed by atoms with E-state index in [1.54, 1.807) is 29.5 Å². The molecule has 0 radical (unpaired) electrons. The summed E-state index contributed by atoms with van der Waals surface area (Å²) in [6.07, 6.45) is 0.417. The third-order valence-electron chi connectivity index (χ3n) is 4.59. The molecule has 0 saturated heterocycles. The van der Waals surface area contributed by atoms with E-state index in [0.29, 0.717) is 11.3 Å². The Balaban J connectivity index is 1.71. The van der Waals surface area contributed by atoms with Crippen LogP contribution in [0.15, 0.2) is 18.2 Å². The van der Waals surface area contributed by atoms with Crippen molar-refractivity contribution in [3.05, 3.63) is 39.8 Å². The highest BCUT2D eigenvalue weighted by Crippen LogP contribution is 2.42. The van der Waals surface area contributed by atoms with Crippen molar-refractivity contribution in [1.82, 2.24) is 10.2 Å². The number of phenolic OH excluding ortho intramolecular Hbond substituents is 1. The number of carbonyl (C=O) groups is 1. The molecule has 1 amide bonds. The van der Waals surface area contributed by atoms with Crippen molar-refractivity contribution < 1.29 is 14.6 Å². The molecule has 0 fully saturated rings. The van der Waals surface area contributed by atoms with Gasteiger partial charge in [-0.25, -0.2) is 0 Å². The van der Waals surface area contributed by atoms with Gasteiger partial charge in [-0.15, -0.1) is 11.3 Å². The van der Waals surface area contributed by atoms with Gasteiger partial charge in [0.1, 0.15) is 11.2 Å². The predicted octanol–water partition coefficient (Wildman–Crippen LogP) is 2.30. The van der Waals surface area contributed by atoms with Crippen molar-refractivity contribution in [2.45, 2.75) is 19.1 Å². The lowest BCUT2D eigenvalue weighted by Gasteiger charge is -2.28. The number of aromatic hydroxyl groups is 1. The molecule has 7 heteroatoms. The molecular formula is C17H19N3O3S. The van der Waals surface area contributed by atoms with Gasteiger partial charge in [0.2, 0.25) is 0 Å². The SMILES string of the molecule is COc1cccc([C@H]2NC(=O)c3c(sc4c3CCN(C)C4)N2)c1O. The summed E-state index contributed by atoms with van der Waals surface area (Å²) in [5.41, 5.74) is 2.52. The minimum atomic E-state index is -0.474. The van der Waals surface area contributed by atoms with Crippen LogP contribution in [0.4, 0.5) is 5.00 Å². The van der Waals surface area contributed by atoms with Crippen LogP contribution >= 0.6 is 11.3 Å². The van der Waals surface area contributed by atoms with E-state index in [2.05, 4.69) is 22.6 Å². The molecule has 0 saturated carbocycles. The van der Waals surface area contributed by atoms with Crippen LogP contribution in [0, 0.1) is 0 Å². The van der Waals surface area contributed by atoms with Gasteiger partial charge in [0, 0.05) is 23.5 Å². The van der Waals surface area contributed by atoms with Crippen LogP contribution in [-0.4, -0.2) is 36.6 Å². The minimum absolute atomic E-state index is 0.0438. The van der Waals surface area contributed by atoms with E-state index in [-0.39, 0.29) is 11.7 Å². The molecular weight excluding hydrogens is 326 g/mol. The third kappa shape index (κ3) is 2.32. The fraction of sp³-hybridized carbons (Fsp3) is 0.353. The van der Waals surface area contributed by atoms with Crippen LogP contribution in [0.2, 0.25) is 0 Å². The summed E-state index contributed by atoms with van der Waals surface area (Å²) in [6, 6.07) is 5.27. The molecule has 2 aliphatic heterocycles. The van der Waals surface area contributed by atoms with Gasteiger partial charge in [-0.2, -0.15) is 0 Å². The smallest absolute Gasteiger partial charge is 0.256 e. The summed E-state index contributed by atoms with van der Waals surface area (Å²) in [7, 11) is 3.60. The number of nitrogens with zero attached hydrogens (tertiary/aromatic N) is 1. The van der Waals surface area contributed by atoms with E-state index >= 15 is 0 Å². The van der Waals surface area contributed by atoms with Crippen LogP contribution in [0.5, 0.6) is 11.5 Å². The van der Waals surface area contributed by atoms with Gasteiger partial charge >= 0.3 is 0 Å². The monoisotopic (exact) mass is 345 g/mol. The van der Waals surface area contributed by atoms with E-state index in [0.717, 1.165) is 35.6 Å². The number of methoxy groups -OCH3 is 1. The second kappa shape index (κ2) is 5.68. The highest BCUT2D eigenvalue weighted by Gasteiger charge is 2.33. The maximum Gasteiger partial charge on any atom is 0.256 e. The molecule has 1 aromatic carbocycles. The summed E-state index contributed by atoms with van der Waals surface area (Å²) >= 11 is 1.63. The van der Waals surface area contributed by atoms with Crippen LogP contribution in [0.25, 0.3) is 0 Å². The first kappa shape index (κ1) is 15.3. The molecule has 1 aromatic heterocycles. The van der Waals surface area contributed by atoms with E-state index in [9.17, 15) is 9.90 Å². The van der Waals surface area contributed by atoms with E-state index in [1.807, 2.05) is 0 Å². The van der Waals surface area contributed by atoms with E-state index in [1.165, 1.54) is 12.0 Å². The number of thiophene rings is 1. The van der Waals surface area contributed by atoms with Crippen molar-refractivity contribution in [3.63, 3.8) is 0 Å². The average molecular weight is 345 g/mol. The van der Waals surface area contributed by atoms with Gasteiger partial charge in [-0.05, 0) is 25.1 Å². The van der Waals surface area contributed by atoms with Crippen molar-refractivity contribution in [2.24, 2.45) is 0 Å². The molecule has 1 atom stereocenters. The number of hydrogen-bond donors (Lipinski definition) is 3. The molecule has 126 valence electrons. The number of nitrogens with one attached hydrogen (secondary N) is 2. The van der Waals surface area contributed by atoms with Crippen molar-refractivity contribution >= 4 is 22.2 Å². The Bertz CT molecular complexity index is 818. The Hall–Kier alpha value is -2.25. The number of carbonyl (C=O) groups excluding carboxylic acids is 1. The summed E-state index contributed by atoms with van der Waals surface area (Å²) in [5.74, 6) is 0.349. The quantitative estimate of drug-likeness (QED) is 0.779. The van der Waals surface area contributed by atoms with Crippen molar-refractivity contribution in [2.75, 3.05) is 26.0 Å². The zero-order valence-electron chi connectivity index (χ0n) is 13.5. The highest BCUT2D eigenvalue weighted by atomic mass is 32.1. The van der Waals surface area contributed by atoms with Crippen molar-refractivity contribution in [1.29, 1.82) is 0 Å². The molecule has 2 aliphatic rings. The third-order valence-corrected chi connectivity index (χ3v) is 5.73. The highest BCUT2D eigenvalue weighted by molar-refractivity contribution is 7.16. The van der Waals surface area contributed by atoms with E-state index < -0.39 is 6.17 Å². The molecule has 6 nitrogen and oxygen atoms in total. The Morgan fingerprint density at radius 2 is 2.21 bits per heavy atom. The molecule has 0 bridgehead atoms. The predicted molar refractivity (Wildman–Crippen MR) is 92.8 cm³/mol. The lowest BCUT2D eigenvalue weighted by Crippen LogP contribution is -2.38. The van der Waals surface area contributed by atoms with E-state index in [4.69, 9.17) is 4.74 Å². The maximum absolute atomic E-state index is 12.7. The molecule has 3 N–H and O–H groups in total. The number of para-hydroxylation sites is 1. The number of amides is 1. The molecule has 24 heavy (non-hydrogen) atoms. The minimum Gasteiger partial charge on any atom is -0.504 e. The number of rotatable bonds is 2. The van der Waals surface area contributed by atoms with Crippen LogP contribution in [0.1, 0.15) is 32.5 Å². The summed E-state index contributed by atoms with van der Waals surface area (Å²) < 4.78 is 5.16. The second-order valence-electron chi connectivity index (χ2n) is 6.14. The molecule has 0 spiro atoms. The Morgan fingerprint density at radius 3 is 3.00 bits per heavy atom. The number of anilines is 1. The fourth-order valence-electron chi connectivity index (χ4n) is 3.34. The summed E-state index contributed by atoms with van der Waals surface area (Å²) in [6.45, 7) is 1.83. The van der Waals surface area contributed by atoms with Crippen LogP contribution in [-0.2, 0) is 13.0 Å². The van der Waals surface area contributed by atoms with Crippen LogP contribution < -0.4 is 15.4 Å². The number of ether oxygens (including phenoxy) is 1. The van der Waals surface area contributed by atoms with Gasteiger partial charge in [0.05, 0.1) is 12.7 Å². The molecule has 4 rings (SSSR count). The summed E-state index contributed by atoms with van der Waals surface area (Å²) in [5, 5.41) is 17.5. The number of hydrogen-bond acceptors (Lipinski definition) is 6.